The Morgan fingerprint density at radius 2 is 2.03 bits per heavy atom. The maximum atomic E-state index is 13.5. The van der Waals surface area contributed by atoms with Gasteiger partial charge in [-0.25, -0.2) is 8.42 Å². The van der Waals surface area contributed by atoms with Crippen LogP contribution in [0.25, 0.3) is 0 Å². The number of sulfonamides is 1. The lowest BCUT2D eigenvalue weighted by atomic mass is 9.98. The lowest BCUT2D eigenvalue weighted by Gasteiger charge is -2.32. The van der Waals surface area contributed by atoms with E-state index in [4.69, 9.17) is 9.47 Å². The van der Waals surface area contributed by atoms with Crippen LogP contribution >= 0.6 is 0 Å². The predicted octanol–water partition coefficient (Wildman–Crippen LogP) is 2.68. The normalized spacial score (nSPS) is 18.6. The summed E-state index contributed by atoms with van der Waals surface area (Å²) >= 11 is 0. The number of aryl methyl sites for hydroxylation is 2. The van der Waals surface area contributed by atoms with Crippen molar-refractivity contribution in [2.24, 2.45) is 5.92 Å². The summed E-state index contributed by atoms with van der Waals surface area (Å²) in [5, 5.41) is 5.58. The summed E-state index contributed by atoms with van der Waals surface area (Å²) in [6, 6.07) is 8.53. The Morgan fingerprint density at radius 3 is 2.79 bits per heavy atom. The second-order valence-electron chi connectivity index (χ2n) is 8.35. The molecule has 1 atom stereocenters. The Balaban J connectivity index is 1.54. The first kappa shape index (κ1) is 23.1. The van der Waals surface area contributed by atoms with Crippen LogP contribution in [0.3, 0.4) is 0 Å². The molecule has 2 amide bonds. The molecule has 1 fully saturated rings. The molecular weight excluding hydrogens is 446 g/mol. The molecule has 0 saturated carbocycles. The molecule has 0 aromatic heterocycles. The molecule has 1 saturated heterocycles. The third-order valence-corrected chi connectivity index (χ3v) is 7.90. The highest BCUT2D eigenvalue weighted by molar-refractivity contribution is 7.89. The van der Waals surface area contributed by atoms with Gasteiger partial charge in [-0.05, 0) is 56.0 Å². The first-order chi connectivity index (χ1) is 15.7. The number of carbonyl (C=O) groups is 2. The van der Waals surface area contributed by atoms with E-state index >= 15 is 0 Å². The molecule has 2 aromatic rings. The summed E-state index contributed by atoms with van der Waals surface area (Å²) in [6.07, 6.45) is 1.16. The van der Waals surface area contributed by atoms with Gasteiger partial charge in [0.25, 0.3) is 5.91 Å². The molecule has 4 rings (SSSR count). The molecule has 2 N–H and O–H groups in total. The summed E-state index contributed by atoms with van der Waals surface area (Å²) in [7, 11) is -2.33. The minimum atomic E-state index is -3.86. The highest BCUT2D eigenvalue weighted by Crippen LogP contribution is 2.35. The molecule has 2 heterocycles. The Morgan fingerprint density at radius 1 is 1.24 bits per heavy atom. The van der Waals surface area contributed by atoms with Gasteiger partial charge < -0.3 is 20.1 Å². The van der Waals surface area contributed by atoms with Gasteiger partial charge in [-0.15, -0.1) is 0 Å². The van der Waals surface area contributed by atoms with Crippen LogP contribution < -0.4 is 20.1 Å². The van der Waals surface area contributed by atoms with Crippen LogP contribution in [0.5, 0.6) is 11.5 Å². The number of piperidine rings is 1. The summed E-state index contributed by atoms with van der Waals surface area (Å²) in [6.45, 7) is 3.83. The quantitative estimate of drug-likeness (QED) is 0.690. The summed E-state index contributed by atoms with van der Waals surface area (Å²) in [5.41, 5.74) is 2.48. The van der Waals surface area contributed by atoms with Gasteiger partial charge >= 0.3 is 0 Å². The number of methoxy groups -OCH3 is 1. The molecule has 0 bridgehead atoms. The van der Waals surface area contributed by atoms with E-state index in [0.717, 1.165) is 5.56 Å². The molecule has 0 spiro atoms. The first-order valence-electron chi connectivity index (χ1n) is 10.7. The molecule has 9 nitrogen and oxygen atoms in total. The zero-order chi connectivity index (χ0) is 23.8. The van der Waals surface area contributed by atoms with Crippen LogP contribution in [0.1, 0.15) is 24.0 Å². The topological polar surface area (TPSA) is 114 Å². The van der Waals surface area contributed by atoms with Gasteiger partial charge in [-0.3, -0.25) is 9.59 Å². The van der Waals surface area contributed by atoms with E-state index in [1.165, 1.54) is 17.5 Å². The van der Waals surface area contributed by atoms with Crippen LogP contribution in [0.2, 0.25) is 0 Å². The van der Waals surface area contributed by atoms with Gasteiger partial charge in [0, 0.05) is 19.2 Å². The number of ether oxygens (including phenoxy) is 2. The van der Waals surface area contributed by atoms with Crippen LogP contribution in [-0.2, 0) is 19.6 Å². The van der Waals surface area contributed by atoms with Crippen molar-refractivity contribution in [3.05, 3.63) is 41.5 Å². The zero-order valence-corrected chi connectivity index (χ0v) is 19.6. The van der Waals surface area contributed by atoms with E-state index in [1.807, 2.05) is 19.1 Å². The van der Waals surface area contributed by atoms with E-state index in [-0.39, 0.29) is 29.9 Å². The minimum Gasteiger partial charge on any atom is -0.495 e. The highest BCUT2D eigenvalue weighted by atomic mass is 32.2. The molecule has 0 unspecified atom stereocenters. The molecule has 0 aliphatic carbocycles. The largest absolute Gasteiger partial charge is 0.495 e. The van der Waals surface area contributed by atoms with Crippen molar-refractivity contribution in [2.75, 3.05) is 37.4 Å². The van der Waals surface area contributed by atoms with E-state index in [1.54, 1.807) is 19.1 Å². The van der Waals surface area contributed by atoms with Crippen molar-refractivity contribution >= 4 is 33.2 Å². The first-order valence-corrected chi connectivity index (χ1v) is 12.2. The molecule has 33 heavy (non-hydrogen) atoms. The molecule has 2 aliphatic heterocycles. The zero-order valence-electron chi connectivity index (χ0n) is 18.8. The second kappa shape index (κ2) is 9.03. The van der Waals surface area contributed by atoms with Crippen LogP contribution in [-0.4, -0.2) is 51.3 Å². The van der Waals surface area contributed by atoms with Gasteiger partial charge in [0.1, 0.15) is 11.5 Å². The molecule has 176 valence electrons. The fraction of sp³-hybridized carbons (Fsp3) is 0.391. The maximum absolute atomic E-state index is 13.5. The van der Waals surface area contributed by atoms with Gasteiger partial charge in [0.05, 0.1) is 29.3 Å². The SMILES string of the molecule is COc1ccc(C)cc1NC(=O)[C@H]1CCCN(S(=O)(=O)c2cc3c(cc2C)NC(=O)CO3)C1. The van der Waals surface area contributed by atoms with Crippen molar-refractivity contribution in [1.29, 1.82) is 0 Å². The average Bonchev–Trinajstić information content (AvgIpc) is 2.78. The van der Waals surface area contributed by atoms with Crippen LogP contribution in [0.4, 0.5) is 11.4 Å². The van der Waals surface area contributed by atoms with Crippen molar-refractivity contribution in [3.8, 4) is 11.5 Å². The molecule has 0 radical (unpaired) electrons. The van der Waals surface area contributed by atoms with Crippen molar-refractivity contribution in [3.63, 3.8) is 0 Å². The summed E-state index contributed by atoms with van der Waals surface area (Å²) in [4.78, 5) is 24.7. The Bertz CT molecular complexity index is 1210. The number of nitrogens with zero attached hydrogens (tertiary/aromatic N) is 1. The van der Waals surface area contributed by atoms with Gasteiger partial charge in [-0.1, -0.05) is 6.07 Å². The van der Waals surface area contributed by atoms with Crippen LogP contribution in [0.15, 0.2) is 35.2 Å². The van der Waals surface area contributed by atoms with Crippen molar-refractivity contribution in [1.82, 2.24) is 4.31 Å². The maximum Gasteiger partial charge on any atom is 0.262 e. The number of rotatable bonds is 5. The monoisotopic (exact) mass is 473 g/mol. The number of benzene rings is 2. The Labute approximate surface area is 193 Å². The standard InChI is InChI=1S/C23H27N3O6S/c1-14-6-7-19(31-3)17(9-14)25-23(28)16-5-4-8-26(12-16)33(29,30)21-11-20-18(10-15(21)2)24-22(27)13-32-20/h6-7,9-11,16H,4-5,8,12-13H2,1-3H3,(H,24,27)(H,25,28)/t16-/m0/s1. The van der Waals surface area contributed by atoms with E-state index in [9.17, 15) is 18.0 Å². The van der Waals surface area contributed by atoms with E-state index in [2.05, 4.69) is 10.6 Å². The van der Waals surface area contributed by atoms with E-state index in [0.29, 0.717) is 47.8 Å². The fourth-order valence-electron chi connectivity index (χ4n) is 4.16. The number of hydrogen-bond acceptors (Lipinski definition) is 6. The molecule has 10 heteroatoms. The molecule has 2 aliphatic rings. The summed E-state index contributed by atoms with van der Waals surface area (Å²) < 4.78 is 39.0. The van der Waals surface area contributed by atoms with E-state index < -0.39 is 15.9 Å². The van der Waals surface area contributed by atoms with Crippen molar-refractivity contribution in [2.45, 2.75) is 31.6 Å². The minimum absolute atomic E-state index is 0.0798. The third-order valence-electron chi connectivity index (χ3n) is 5.90. The molecular formula is C23H27N3O6S. The van der Waals surface area contributed by atoms with Crippen LogP contribution in [0, 0.1) is 19.8 Å². The number of fused-ring (bicyclic) bond motifs is 1. The number of anilines is 2. The Kier molecular flexibility index (Phi) is 6.31. The number of carbonyl (C=O) groups excluding carboxylic acids is 2. The van der Waals surface area contributed by atoms with Gasteiger partial charge in [-0.2, -0.15) is 4.31 Å². The smallest absolute Gasteiger partial charge is 0.262 e. The average molecular weight is 474 g/mol. The number of nitrogens with one attached hydrogen (secondary N) is 2. The third kappa shape index (κ3) is 4.67. The second-order valence-corrected chi connectivity index (χ2v) is 10.3. The number of amides is 2. The highest BCUT2D eigenvalue weighted by Gasteiger charge is 2.35. The van der Waals surface area contributed by atoms with Crippen molar-refractivity contribution < 1.29 is 27.5 Å². The number of hydrogen-bond donors (Lipinski definition) is 2. The lowest BCUT2D eigenvalue weighted by Crippen LogP contribution is -2.44. The van der Waals surface area contributed by atoms with Gasteiger partial charge in [0.15, 0.2) is 6.61 Å². The van der Waals surface area contributed by atoms with Gasteiger partial charge in [0.2, 0.25) is 15.9 Å². The molecule has 2 aromatic carbocycles. The summed E-state index contributed by atoms with van der Waals surface area (Å²) in [5.74, 6) is -0.158. The predicted molar refractivity (Wildman–Crippen MR) is 123 cm³/mol. The Hall–Kier alpha value is -3.11. The fourth-order valence-corrected chi connectivity index (χ4v) is 5.91. The lowest BCUT2D eigenvalue weighted by molar-refractivity contribution is -0.121.